The summed E-state index contributed by atoms with van der Waals surface area (Å²) in [5, 5.41) is 7.10. The molecule has 2 amide bonds. The Hall–Kier alpha value is -4.65. The fourth-order valence-electron chi connectivity index (χ4n) is 8.34. The molecule has 4 atom stereocenters. The van der Waals surface area contributed by atoms with Gasteiger partial charge in [-0.3, -0.25) is 14.4 Å². The van der Waals surface area contributed by atoms with E-state index in [0.29, 0.717) is 19.4 Å². The lowest BCUT2D eigenvalue weighted by molar-refractivity contribution is -0.266. The summed E-state index contributed by atoms with van der Waals surface area (Å²) in [6, 6.07) is 16.0. The van der Waals surface area contributed by atoms with Crippen molar-refractivity contribution < 1.29 is 23.9 Å². The van der Waals surface area contributed by atoms with Gasteiger partial charge in [0.1, 0.15) is 18.1 Å². The predicted octanol–water partition coefficient (Wildman–Crippen LogP) is 5.36. The zero-order valence-electron chi connectivity index (χ0n) is 25.6. The second-order valence-electron chi connectivity index (χ2n) is 12.6. The van der Waals surface area contributed by atoms with E-state index in [1.165, 1.54) is 0 Å². The molecule has 0 aliphatic carbocycles. The molecule has 5 aromatic rings. The summed E-state index contributed by atoms with van der Waals surface area (Å²) < 4.78 is 18.0. The number of likely N-dealkylation sites (N-methyl/N-ethyl adjacent to an activating group) is 1. The molecule has 1 fully saturated rings. The zero-order valence-corrected chi connectivity index (χ0v) is 25.6. The number of nitrogens with zero attached hydrogens (tertiary/aromatic N) is 3. The number of amides is 2. The minimum absolute atomic E-state index is 0.0134. The maximum atomic E-state index is 13.7. The number of Topliss-reactive ketones (excluding diaryl/α,β-unsaturated/α-hetero) is 1. The minimum atomic E-state index is -1.03. The summed E-state index contributed by atoms with van der Waals surface area (Å²) in [7, 11) is 3.46. The Kier molecular flexibility index (Phi) is 6.15. The Bertz CT molecular complexity index is 2150. The molecule has 45 heavy (non-hydrogen) atoms. The van der Waals surface area contributed by atoms with Gasteiger partial charge in [0.25, 0.3) is 5.91 Å². The maximum absolute atomic E-state index is 13.7. The molecule has 5 heterocycles. The third-order valence-electron chi connectivity index (χ3n) is 10.3. The third-order valence-corrected chi connectivity index (χ3v) is 10.3. The van der Waals surface area contributed by atoms with Crippen LogP contribution in [0, 0.1) is 12.3 Å². The first-order valence-corrected chi connectivity index (χ1v) is 15.5. The van der Waals surface area contributed by atoms with Gasteiger partial charge in [-0.1, -0.05) is 36.4 Å². The van der Waals surface area contributed by atoms with Crippen LogP contribution in [-0.4, -0.2) is 57.9 Å². The van der Waals surface area contributed by atoms with Gasteiger partial charge in [-0.05, 0) is 24.6 Å². The molecule has 9 heteroatoms. The number of nitrogens with one attached hydrogen (secondary N) is 1. The number of para-hydroxylation sites is 2. The molecular weight excluding hydrogens is 568 g/mol. The number of rotatable bonds is 7. The van der Waals surface area contributed by atoms with Crippen molar-refractivity contribution in [2.24, 2.45) is 0 Å². The smallest absolute Gasteiger partial charge is 0.252 e. The van der Waals surface area contributed by atoms with Crippen molar-refractivity contribution in [1.29, 1.82) is 0 Å². The molecule has 1 N–H and O–H groups in total. The number of carbonyl (C=O) groups is 3. The summed E-state index contributed by atoms with van der Waals surface area (Å²) >= 11 is 0. The van der Waals surface area contributed by atoms with Gasteiger partial charge in [0.2, 0.25) is 5.91 Å². The van der Waals surface area contributed by atoms with Gasteiger partial charge < -0.3 is 28.8 Å². The zero-order chi connectivity index (χ0) is 31.2. The molecule has 8 rings (SSSR count). The molecule has 9 nitrogen and oxygen atoms in total. The van der Waals surface area contributed by atoms with Crippen molar-refractivity contribution in [1.82, 2.24) is 19.4 Å². The van der Waals surface area contributed by atoms with Crippen LogP contribution in [-0.2, 0) is 31.3 Å². The average molecular weight is 603 g/mol. The van der Waals surface area contributed by atoms with Crippen molar-refractivity contribution in [2.75, 3.05) is 14.2 Å². The van der Waals surface area contributed by atoms with Gasteiger partial charge in [0.15, 0.2) is 5.72 Å². The molecular formula is C36H34N4O5. The summed E-state index contributed by atoms with van der Waals surface area (Å²) in [5.74, 6) is 2.28. The van der Waals surface area contributed by atoms with Gasteiger partial charge >= 0.3 is 0 Å². The van der Waals surface area contributed by atoms with E-state index in [-0.39, 0.29) is 42.9 Å². The van der Waals surface area contributed by atoms with Gasteiger partial charge in [0, 0.05) is 74.4 Å². The number of ether oxygens (including phenoxy) is 2. The van der Waals surface area contributed by atoms with Crippen LogP contribution in [0.5, 0.6) is 0 Å². The highest BCUT2D eigenvalue weighted by molar-refractivity contribution is 6.31. The van der Waals surface area contributed by atoms with E-state index in [1.54, 1.807) is 19.1 Å². The monoisotopic (exact) mass is 602 g/mol. The molecule has 0 unspecified atom stereocenters. The lowest BCUT2D eigenvalue weighted by atomic mass is 9.91. The number of fused-ring (bicyclic) bond motifs is 13. The van der Waals surface area contributed by atoms with Crippen molar-refractivity contribution in [3.05, 3.63) is 59.7 Å². The van der Waals surface area contributed by atoms with E-state index in [1.807, 2.05) is 31.2 Å². The van der Waals surface area contributed by atoms with Crippen molar-refractivity contribution >= 4 is 61.2 Å². The Morgan fingerprint density at radius 3 is 2.51 bits per heavy atom. The van der Waals surface area contributed by atoms with E-state index in [9.17, 15) is 14.4 Å². The number of hydrogen-bond donors (Lipinski definition) is 1. The Balaban J connectivity index is 1.39. The van der Waals surface area contributed by atoms with Crippen molar-refractivity contribution in [3.8, 4) is 12.3 Å². The number of aromatic nitrogens is 2. The number of hydrogen-bond acceptors (Lipinski definition) is 5. The highest BCUT2D eigenvalue weighted by Crippen LogP contribution is 2.54. The molecule has 3 aromatic carbocycles. The SMILES string of the molecule is C#CCCC(=O)CCC(=O)N(C)[C@@H]1C[C@H]2O[C@@](C)([C@@H]1OC)n1c3ccccc3c3c4c(c5c6ccccc6n2c5c31)C(=O)NC4. The van der Waals surface area contributed by atoms with Gasteiger partial charge in [-0.15, -0.1) is 12.3 Å². The fraction of sp³-hybridized carbons (Fsp3) is 0.361. The normalized spacial score (nSPS) is 23.4. The number of methoxy groups -OCH3 is 1. The molecule has 0 spiro atoms. The highest BCUT2D eigenvalue weighted by atomic mass is 16.6. The molecule has 3 aliphatic heterocycles. The molecule has 3 aliphatic rings. The lowest BCUT2D eigenvalue weighted by Gasteiger charge is -2.50. The first-order valence-electron chi connectivity index (χ1n) is 15.5. The second kappa shape index (κ2) is 9.93. The average Bonchev–Trinajstić information content (AvgIpc) is 3.69. The fourth-order valence-corrected chi connectivity index (χ4v) is 8.34. The van der Waals surface area contributed by atoms with Crippen LogP contribution in [0.2, 0.25) is 0 Å². The first kappa shape index (κ1) is 27.9. The molecule has 228 valence electrons. The molecule has 0 radical (unpaired) electrons. The standard InChI is InChI=1S/C36H34N4O5/c1-5-6-11-20(41)16-17-27(42)38(3)26-18-28-39-24-14-9-7-12-21(24)30-31-23(19-37-35(31)43)29-22-13-8-10-15-25(22)40(33(29)32(30)39)36(2,45-28)34(26)44-4/h1,7-10,12-15,26,28,34H,6,11,16-19H2,2-4H3,(H,37,43)/t26-,28-,34-,36+/m1/s1. The van der Waals surface area contributed by atoms with Crippen LogP contribution in [0.3, 0.4) is 0 Å². The van der Waals surface area contributed by atoms with E-state index in [4.69, 9.17) is 15.9 Å². The van der Waals surface area contributed by atoms with Crippen molar-refractivity contribution in [2.45, 2.75) is 69.7 Å². The van der Waals surface area contributed by atoms with Crippen molar-refractivity contribution in [3.63, 3.8) is 0 Å². The molecule has 2 bridgehead atoms. The van der Waals surface area contributed by atoms with E-state index in [0.717, 1.165) is 54.7 Å². The summed E-state index contributed by atoms with van der Waals surface area (Å²) in [6.07, 6.45) is 5.68. The number of carbonyl (C=O) groups excluding carboxylic acids is 3. The van der Waals surface area contributed by atoms with Crippen LogP contribution in [0.25, 0.3) is 43.6 Å². The molecule has 2 aromatic heterocycles. The lowest BCUT2D eigenvalue weighted by Crippen LogP contribution is -2.61. The maximum Gasteiger partial charge on any atom is 0.252 e. The Morgan fingerprint density at radius 2 is 1.78 bits per heavy atom. The predicted molar refractivity (Wildman–Crippen MR) is 172 cm³/mol. The summed E-state index contributed by atoms with van der Waals surface area (Å²) in [5.41, 5.74) is 4.58. The van der Waals surface area contributed by atoms with Crippen LogP contribution < -0.4 is 5.32 Å². The quantitative estimate of drug-likeness (QED) is 0.253. The largest absolute Gasteiger partial charge is 0.374 e. The Morgan fingerprint density at radius 1 is 1.07 bits per heavy atom. The third kappa shape index (κ3) is 3.67. The topological polar surface area (TPSA) is 94.8 Å². The van der Waals surface area contributed by atoms with Crippen LogP contribution >= 0.6 is 0 Å². The number of ketones is 1. The van der Waals surface area contributed by atoms with Crippen LogP contribution in [0.1, 0.15) is 61.2 Å². The second-order valence-corrected chi connectivity index (χ2v) is 12.6. The Labute approximate surface area is 260 Å². The van der Waals surface area contributed by atoms with E-state index in [2.05, 4.69) is 44.6 Å². The van der Waals surface area contributed by atoms with Gasteiger partial charge in [-0.25, -0.2) is 0 Å². The minimum Gasteiger partial charge on any atom is -0.374 e. The summed E-state index contributed by atoms with van der Waals surface area (Å²) in [6.45, 7) is 2.49. The van der Waals surface area contributed by atoms with Gasteiger partial charge in [0.05, 0.1) is 33.7 Å². The van der Waals surface area contributed by atoms with Gasteiger partial charge in [-0.2, -0.15) is 0 Å². The number of benzene rings is 3. The van der Waals surface area contributed by atoms with E-state index < -0.39 is 18.1 Å². The number of terminal acetylenes is 1. The molecule has 0 saturated carbocycles. The van der Waals surface area contributed by atoms with E-state index >= 15 is 0 Å². The first-order chi connectivity index (χ1) is 21.8. The van der Waals surface area contributed by atoms with Crippen LogP contribution in [0.15, 0.2) is 48.5 Å². The van der Waals surface area contributed by atoms with Crippen LogP contribution in [0.4, 0.5) is 0 Å². The highest BCUT2D eigenvalue weighted by Gasteiger charge is 2.54. The summed E-state index contributed by atoms with van der Waals surface area (Å²) in [4.78, 5) is 41.3. The molecule has 1 saturated heterocycles.